The van der Waals surface area contributed by atoms with Crippen molar-refractivity contribution >= 4 is 33.5 Å². The van der Waals surface area contributed by atoms with Gasteiger partial charge in [-0.3, -0.25) is 9.20 Å². The molecule has 0 saturated heterocycles. The number of unbranched alkanes of at least 4 members (excludes halogenated alkanes) is 1. The Morgan fingerprint density at radius 1 is 1.39 bits per heavy atom. The molecule has 0 fully saturated rings. The second kappa shape index (κ2) is 7.59. The van der Waals surface area contributed by atoms with Gasteiger partial charge in [0.25, 0.3) is 5.91 Å². The van der Waals surface area contributed by atoms with E-state index in [2.05, 4.69) is 26.2 Å². The van der Waals surface area contributed by atoms with Crippen molar-refractivity contribution in [1.29, 1.82) is 0 Å². The summed E-state index contributed by atoms with van der Waals surface area (Å²) >= 11 is 3.38. The van der Waals surface area contributed by atoms with Gasteiger partial charge in [-0.15, -0.1) is 0 Å². The van der Waals surface area contributed by atoms with E-state index < -0.39 is 17.9 Å². The summed E-state index contributed by atoms with van der Waals surface area (Å²) in [7, 11) is 0. The highest BCUT2D eigenvalue weighted by atomic mass is 79.9. The van der Waals surface area contributed by atoms with Crippen LogP contribution in [0.15, 0.2) is 22.8 Å². The average molecular weight is 382 g/mol. The van der Waals surface area contributed by atoms with E-state index in [1.54, 1.807) is 10.6 Å². The summed E-state index contributed by atoms with van der Waals surface area (Å²) in [4.78, 5) is 28.4. The number of carboxylic acids is 1. The number of carbonyl (C=O) groups is 2. The van der Waals surface area contributed by atoms with Crippen molar-refractivity contribution in [3.8, 4) is 0 Å². The quantitative estimate of drug-likeness (QED) is 0.771. The number of aromatic nitrogens is 2. The van der Waals surface area contributed by atoms with Crippen LogP contribution < -0.4 is 5.32 Å². The van der Waals surface area contributed by atoms with Gasteiger partial charge in [-0.2, -0.15) is 0 Å². The summed E-state index contributed by atoms with van der Waals surface area (Å²) in [6, 6.07) is 2.78. The van der Waals surface area contributed by atoms with Gasteiger partial charge in [-0.25, -0.2) is 9.78 Å². The molecule has 2 rings (SSSR count). The molecule has 7 heteroatoms. The molecule has 0 radical (unpaired) electrons. The molecule has 0 aromatic carbocycles. The number of aliphatic carboxylic acids is 1. The van der Waals surface area contributed by atoms with Gasteiger partial charge in [0.05, 0.1) is 5.69 Å². The highest BCUT2D eigenvalue weighted by Gasteiger charge is 2.24. The number of carbonyl (C=O) groups excluding carboxylic acids is 1. The fraction of sp³-hybridized carbons (Fsp3) is 0.438. The number of fused-ring (bicyclic) bond motifs is 1. The zero-order valence-electron chi connectivity index (χ0n) is 13.2. The van der Waals surface area contributed by atoms with Crippen LogP contribution in [0.3, 0.4) is 0 Å². The highest BCUT2D eigenvalue weighted by Crippen LogP contribution is 2.18. The van der Waals surface area contributed by atoms with Gasteiger partial charge in [0, 0.05) is 10.7 Å². The topological polar surface area (TPSA) is 83.7 Å². The average Bonchev–Trinajstić information content (AvgIpc) is 2.88. The lowest BCUT2D eigenvalue weighted by atomic mass is 10.1. The molecule has 0 aliphatic rings. The molecule has 6 nitrogen and oxygen atoms in total. The summed E-state index contributed by atoms with van der Waals surface area (Å²) in [6.45, 7) is 3.90. The highest BCUT2D eigenvalue weighted by molar-refractivity contribution is 9.10. The number of hydrogen-bond donors (Lipinski definition) is 2. The smallest absolute Gasteiger partial charge is 0.326 e. The van der Waals surface area contributed by atoms with Crippen molar-refractivity contribution in [3.63, 3.8) is 0 Å². The van der Waals surface area contributed by atoms with E-state index in [0.717, 1.165) is 17.3 Å². The van der Waals surface area contributed by atoms with Gasteiger partial charge in [-0.05, 0) is 40.9 Å². The standard InChI is InChI=1S/C16H20BrN3O3/c1-3-5-6-12(16(22)23)19-15(21)14-11(4-2)18-13-8-7-10(17)9-20(13)14/h7-9,12H,3-6H2,1-2H3,(H,19,21)(H,22,23). The van der Waals surface area contributed by atoms with Gasteiger partial charge >= 0.3 is 5.97 Å². The van der Waals surface area contributed by atoms with Crippen LogP contribution >= 0.6 is 15.9 Å². The van der Waals surface area contributed by atoms with Crippen LogP contribution in [0, 0.1) is 0 Å². The Labute approximate surface area is 143 Å². The third-order valence-electron chi connectivity index (χ3n) is 3.65. The lowest BCUT2D eigenvalue weighted by Gasteiger charge is -2.14. The fourth-order valence-corrected chi connectivity index (χ4v) is 2.78. The van der Waals surface area contributed by atoms with Crippen molar-refractivity contribution in [3.05, 3.63) is 34.2 Å². The van der Waals surface area contributed by atoms with Crippen LogP contribution in [-0.2, 0) is 11.2 Å². The van der Waals surface area contributed by atoms with Crippen LogP contribution in [0.2, 0.25) is 0 Å². The van der Waals surface area contributed by atoms with Crippen molar-refractivity contribution in [2.24, 2.45) is 0 Å². The maximum atomic E-state index is 12.6. The number of amides is 1. The van der Waals surface area contributed by atoms with E-state index in [4.69, 9.17) is 0 Å². The normalized spacial score (nSPS) is 12.3. The van der Waals surface area contributed by atoms with E-state index in [1.807, 2.05) is 26.0 Å². The molecular formula is C16H20BrN3O3. The van der Waals surface area contributed by atoms with Gasteiger partial charge in [0.2, 0.25) is 0 Å². The molecule has 2 aromatic heterocycles. The van der Waals surface area contributed by atoms with Gasteiger partial charge in [0.1, 0.15) is 17.4 Å². The van der Waals surface area contributed by atoms with Gasteiger partial charge in [0.15, 0.2) is 0 Å². The van der Waals surface area contributed by atoms with E-state index in [-0.39, 0.29) is 0 Å². The Bertz CT molecular complexity index is 727. The molecule has 0 spiro atoms. The second-order valence-electron chi connectivity index (χ2n) is 5.34. The molecule has 1 unspecified atom stereocenters. The third-order valence-corrected chi connectivity index (χ3v) is 4.12. The number of carboxylic acid groups (broad SMARTS) is 1. The lowest BCUT2D eigenvalue weighted by molar-refractivity contribution is -0.139. The molecule has 1 amide bonds. The maximum absolute atomic E-state index is 12.6. The van der Waals surface area contributed by atoms with Crippen LogP contribution in [0.5, 0.6) is 0 Å². The molecule has 0 aliphatic heterocycles. The first kappa shape index (κ1) is 17.5. The van der Waals surface area contributed by atoms with Gasteiger partial charge < -0.3 is 10.4 Å². The summed E-state index contributed by atoms with van der Waals surface area (Å²) in [5, 5.41) is 11.9. The molecule has 1 atom stereocenters. The first-order valence-electron chi connectivity index (χ1n) is 7.68. The molecule has 2 N–H and O–H groups in total. The number of rotatable bonds is 7. The molecule has 124 valence electrons. The Kier molecular flexibility index (Phi) is 5.76. The monoisotopic (exact) mass is 381 g/mol. The molecule has 0 aliphatic carbocycles. The molecule has 23 heavy (non-hydrogen) atoms. The minimum atomic E-state index is -1.01. The molecule has 0 bridgehead atoms. The summed E-state index contributed by atoms with van der Waals surface area (Å²) in [5.74, 6) is -1.42. The Balaban J connectivity index is 2.35. The van der Waals surface area contributed by atoms with Crippen LogP contribution in [0.25, 0.3) is 5.65 Å². The number of nitrogens with one attached hydrogen (secondary N) is 1. The number of imidazole rings is 1. The predicted octanol–water partition coefficient (Wildman–Crippen LogP) is 3.03. The minimum Gasteiger partial charge on any atom is -0.480 e. The Morgan fingerprint density at radius 2 is 2.13 bits per heavy atom. The summed E-state index contributed by atoms with van der Waals surface area (Å²) in [6.07, 6.45) is 4.39. The second-order valence-corrected chi connectivity index (χ2v) is 6.26. The first-order chi connectivity index (χ1) is 11.0. The SMILES string of the molecule is CCCCC(NC(=O)c1c(CC)nc2ccc(Br)cn12)C(=O)O. The van der Waals surface area contributed by atoms with E-state index in [1.165, 1.54) is 0 Å². The Hall–Kier alpha value is -1.89. The zero-order valence-corrected chi connectivity index (χ0v) is 14.8. The zero-order chi connectivity index (χ0) is 17.0. The minimum absolute atomic E-state index is 0.395. The predicted molar refractivity (Wildman–Crippen MR) is 90.7 cm³/mol. The molecule has 0 saturated carbocycles. The maximum Gasteiger partial charge on any atom is 0.326 e. The molecule has 2 heterocycles. The van der Waals surface area contributed by atoms with Crippen LogP contribution in [0.1, 0.15) is 49.3 Å². The van der Waals surface area contributed by atoms with Crippen molar-refractivity contribution in [2.75, 3.05) is 0 Å². The Morgan fingerprint density at radius 3 is 2.74 bits per heavy atom. The number of pyridine rings is 1. The van der Waals surface area contributed by atoms with Gasteiger partial charge in [-0.1, -0.05) is 26.7 Å². The third kappa shape index (κ3) is 3.90. The summed E-state index contributed by atoms with van der Waals surface area (Å²) < 4.78 is 2.51. The largest absolute Gasteiger partial charge is 0.480 e. The number of aryl methyl sites for hydroxylation is 1. The van der Waals surface area contributed by atoms with Crippen molar-refractivity contribution in [1.82, 2.24) is 14.7 Å². The van der Waals surface area contributed by atoms with Crippen LogP contribution in [0.4, 0.5) is 0 Å². The van der Waals surface area contributed by atoms with E-state index in [9.17, 15) is 14.7 Å². The summed E-state index contributed by atoms with van der Waals surface area (Å²) in [5.41, 5.74) is 1.71. The van der Waals surface area contributed by atoms with Crippen molar-refractivity contribution < 1.29 is 14.7 Å². The number of nitrogens with zero attached hydrogens (tertiary/aromatic N) is 2. The van der Waals surface area contributed by atoms with E-state index in [0.29, 0.717) is 29.9 Å². The first-order valence-corrected chi connectivity index (χ1v) is 8.47. The van der Waals surface area contributed by atoms with Crippen molar-refractivity contribution in [2.45, 2.75) is 45.6 Å². The lowest BCUT2D eigenvalue weighted by Crippen LogP contribution is -2.41. The molecule has 2 aromatic rings. The number of halogens is 1. The van der Waals surface area contributed by atoms with E-state index >= 15 is 0 Å². The molecular weight excluding hydrogens is 362 g/mol. The number of hydrogen-bond acceptors (Lipinski definition) is 3. The fourth-order valence-electron chi connectivity index (χ4n) is 2.45. The van der Waals surface area contributed by atoms with Crippen LogP contribution in [-0.4, -0.2) is 32.4 Å².